The molecule has 1 saturated carbocycles. The van der Waals surface area contributed by atoms with Crippen molar-refractivity contribution in [2.45, 2.75) is 45.2 Å². The number of nitrogens with zero attached hydrogens (tertiary/aromatic N) is 6. The lowest BCUT2D eigenvalue weighted by Crippen LogP contribution is -2.38. The molecule has 9 nitrogen and oxygen atoms in total. The molecule has 4 heterocycles. The average molecular weight is 407 g/mol. The van der Waals surface area contributed by atoms with E-state index < -0.39 is 0 Å². The summed E-state index contributed by atoms with van der Waals surface area (Å²) in [6, 6.07) is 1.91. The minimum absolute atomic E-state index is 0.0241. The molecule has 0 radical (unpaired) electrons. The summed E-state index contributed by atoms with van der Waals surface area (Å²) >= 11 is 0. The molecule has 3 aromatic rings. The Labute approximate surface area is 174 Å². The van der Waals surface area contributed by atoms with Gasteiger partial charge in [0.1, 0.15) is 23.7 Å². The molecule has 2 aliphatic rings. The van der Waals surface area contributed by atoms with Crippen LogP contribution in [0.3, 0.4) is 0 Å². The Kier molecular flexibility index (Phi) is 4.16. The molecule has 30 heavy (non-hydrogen) atoms. The van der Waals surface area contributed by atoms with Gasteiger partial charge in [0.25, 0.3) is 5.91 Å². The first-order valence-corrected chi connectivity index (χ1v) is 10.2. The van der Waals surface area contributed by atoms with Crippen LogP contribution in [0.15, 0.2) is 16.8 Å². The number of rotatable bonds is 4. The number of anilines is 2. The van der Waals surface area contributed by atoms with Crippen molar-refractivity contribution in [2.24, 2.45) is 0 Å². The van der Waals surface area contributed by atoms with Crippen molar-refractivity contribution in [3.05, 3.63) is 35.2 Å². The summed E-state index contributed by atoms with van der Waals surface area (Å²) in [4.78, 5) is 34.8. The summed E-state index contributed by atoms with van der Waals surface area (Å²) < 4.78 is 5.73. The van der Waals surface area contributed by atoms with Crippen molar-refractivity contribution in [2.75, 3.05) is 30.9 Å². The normalized spacial score (nSPS) is 17.0. The minimum atomic E-state index is -0.217. The van der Waals surface area contributed by atoms with Crippen LogP contribution in [0.1, 0.15) is 47.4 Å². The molecular weight excluding hydrogens is 382 g/mol. The third-order valence-electron chi connectivity index (χ3n) is 5.82. The Morgan fingerprint density at radius 2 is 2.07 bits per heavy atom. The Morgan fingerprint density at radius 1 is 1.27 bits per heavy atom. The molecule has 1 aliphatic heterocycles. The number of nitrogens with one attached hydrogen (secondary N) is 1. The Balaban J connectivity index is 1.47. The molecule has 3 aromatic heterocycles. The van der Waals surface area contributed by atoms with E-state index in [1.807, 2.05) is 32.0 Å². The summed E-state index contributed by atoms with van der Waals surface area (Å²) in [7, 11) is 3.92. The number of hydrogen-bond donors (Lipinski definition) is 1. The third-order valence-corrected chi connectivity index (χ3v) is 5.82. The molecule has 0 unspecified atom stereocenters. The molecular formula is C21H25N7O2. The first-order chi connectivity index (χ1) is 14.3. The Morgan fingerprint density at radius 3 is 2.80 bits per heavy atom. The lowest BCUT2D eigenvalue weighted by Gasteiger charge is -2.29. The zero-order chi connectivity index (χ0) is 21.0. The maximum Gasteiger partial charge on any atom is 0.292 e. The zero-order valence-electron chi connectivity index (χ0n) is 17.7. The predicted molar refractivity (Wildman–Crippen MR) is 113 cm³/mol. The van der Waals surface area contributed by atoms with Crippen LogP contribution in [0.25, 0.3) is 11.1 Å². The fraction of sp³-hybridized carbons (Fsp3) is 0.476. The van der Waals surface area contributed by atoms with Gasteiger partial charge in [-0.05, 0) is 39.2 Å². The van der Waals surface area contributed by atoms with E-state index in [1.54, 1.807) is 11.2 Å². The molecule has 156 valence electrons. The number of fused-ring (bicyclic) bond motifs is 2. The van der Waals surface area contributed by atoms with Gasteiger partial charge in [-0.15, -0.1) is 0 Å². The molecule has 1 aliphatic carbocycles. The largest absolute Gasteiger partial charge is 0.443 e. The number of amides is 1. The molecule has 0 atom stereocenters. The standard InChI is InChI=1S/C21H25N7O2/c1-12-9-14-16(26-21(2)6-7-21)24-17(25-19(14)30-12)20(29)28-8-5-13-15(10-28)22-11-23-18(13)27(3)4/h9,11H,5-8,10H2,1-4H3,(H,24,25,26). The number of carbonyl (C=O) groups excluding carboxylic acids is 1. The number of aromatic nitrogens is 4. The van der Waals surface area contributed by atoms with Crippen molar-refractivity contribution in [1.29, 1.82) is 0 Å². The molecule has 0 spiro atoms. The topological polar surface area (TPSA) is 100 Å². The molecule has 1 N–H and O–H groups in total. The molecule has 9 heteroatoms. The highest BCUT2D eigenvalue weighted by molar-refractivity contribution is 5.95. The van der Waals surface area contributed by atoms with E-state index in [9.17, 15) is 4.79 Å². The minimum Gasteiger partial charge on any atom is -0.443 e. The number of furan rings is 1. The maximum atomic E-state index is 13.3. The second-order valence-electron chi connectivity index (χ2n) is 8.65. The fourth-order valence-electron chi connectivity index (χ4n) is 3.87. The lowest BCUT2D eigenvalue weighted by molar-refractivity contribution is 0.0719. The van der Waals surface area contributed by atoms with Crippen LogP contribution in [0.4, 0.5) is 11.6 Å². The van der Waals surface area contributed by atoms with Gasteiger partial charge in [-0.3, -0.25) is 4.79 Å². The summed E-state index contributed by atoms with van der Waals surface area (Å²) in [5.41, 5.74) is 2.42. The van der Waals surface area contributed by atoms with Gasteiger partial charge in [0.15, 0.2) is 0 Å². The van der Waals surface area contributed by atoms with Crippen molar-refractivity contribution < 1.29 is 9.21 Å². The van der Waals surface area contributed by atoms with Crippen molar-refractivity contribution >= 4 is 28.6 Å². The van der Waals surface area contributed by atoms with Crippen LogP contribution in [-0.2, 0) is 13.0 Å². The van der Waals surface area contributed by atoms with Crippen LogP contribution in [0.2, 0.25) is 0 Å². The first-order valence-electron chi connectivity index (χ1n) is 10.2. The van der Waals surface area contributed by atoms with E-state index >= 15 is 0 Å². The summed E-state index contributed by atoms with van der Waals surface area (Å²) in [6.07, 6.45) is 4.40. The highest BCUT2D eigenvalue weighted by Gasteiger charge is 2.38. The molecule has 1 fully saturated rings. The van der Waals surface area contributed by atoms with E-state index in [0.717, 1.165) is 41.1 Å². The molecule has 0 aromatic carbocycles. The Bertz CT molecular complexity index is 1150. The molecule has 0 saturated heterocycles. The van der Waals surface area contributed by atoms with Gasteiger partial charge in [0, 0.05) is 31.7 Å². The number of hydrogen-bond acceptors (Lipinski definition) is 8. The lowest BCUT2D eigenvalue weighted by atomic mass is 10.1. The summed E-state index contributed by atoms with van der Waals surface area (Å²) in [5, 5.41) is 4.28. The third kappa shape index (κ3) is 3.24. The summed E-state index contributed by atoms with van der Waals surface area (Å²) in [6.45, 7) is 5.00. The van der Waals surface area contributed by atoms with Gasteiger partial charge in [-0.2, -0.15) is 4.98 Å². The Hall–Kier alpha value is -3.23. The van der Waals surface area contributed by atoms with Gasteiger partial charge < -0.3 is 19.5 Å². The van der Waals surface area contributed by atoms with Crippen LogP contribution < -0.4 is 10.2 Å². The molecule has 1 amide bonds. The average Bonchev–Trinajstić information content (AvgIpc) is 3.31. The molecule has 5 rings (SSSR count). The second-order valence-corrected chi connectivity index (χ2v) is 8.65. The van der Waals surface area contributed by atoms with Crippen LogP contribution in [-0.4, -0.2) is 56.9 Å². The monoisotopic (exact) mass is 407 g/mol. The van der Waals surface area contributed by atoms with Crippen LogP contribution in [0.5, 0.6) is 0 Å². The van der Waals surface area contributed by atoms with Gasteiger partial charge in [0.05, 0.1) is 17.6 Å². The van der Waals surface area contributed by atoms with E-state index in [2.05, 4.69) is 32.2 Å². The number of aryl methyl sites for hydroxylation is 1. The zero-order valence-corrected chi connectivity index (χ0v) is 17.7. The highest BCUT2D eigenvalue weighted by atomic mass is 16.3. The van der Waals surface area contributed by atoms with E-state index in [0.29, 0.717) is 31.0 Å². The fourth-order valence-corrected chi connectivity index (χ4v) is 3.87. The quantitative estimate of drug-likeness (QED) is 0.704. The van der Waals surface area contributed by atoms with Crippen LogP contribution >= 0.6 is 0 Å². The summed E-state index contributed by atoms with van der Waals surface area (Å²) in [5.74, 6) is 2.24. The smallest absolute Gasteiger partial charge is 0.292 e. The number of carbonyl (C=O) groups is 1. The van der Waals surface area contributed by atoms with Gasteiger partial charge in [-0.25, -0.2) is 15.0 Å². The van der Waals surface area contributed by atoms with Crippen molar-refractivity contribution in [3.8, 4) is 0 Å². The molecule has 0 bridgehead atoms. The van der Waals surface area contributed by atoms with Gasteiger partial charge >= 0.3 is 0 Å². The predicted octanol–water partition coefficient (Wildman–Crippen LogP) is 2.55. The SMILES string of the molecule is Cc1cc2c(NC3(C)CC3)nc(C(=O)N3CCc4c(ncnc4N(C)C)C3)nc2o1. The van der Waals surface area contributed by atoms with Crippen LogP contribution in [0, 0.1) is 6.92 Å². The highest BCUT2D eigenvalue weighted by Crippen LogP contribution is 2.39. The van der Waals surface area contributed by atoms with Crippen molar-refractivity contribution in [1.82, 2.24) is 24.8 Å². The van der Waals surface area contributed by atoms with Gasteiger partial charge in [-0.1, -0.05) is 0 Å². The van der Waals surface area contributed by atoms with Crippen molar-refractivity contribution in [3.63, 3.8) is 0 Å². The van der Waals surface area contributed by atoms with E-state index in [-0.39, 0.29) is 17.3 Å². The van der Waals surface area contributed by atoms with Gasteiger partial charge in [0.2, 0.25) is 11.5 Å². The second kappa shape index (κ2) is 6.65. The van der Waals surface area contributed by atoms with E-state index in [4.69, 9.17) is 4.42 Å². The van der Waals surface area contributed by atoms with E-state index in [1.165, 1.54) is 0 Å². The first kappa shape index (κ1) is 18.8. The maximum absolute atomic E-state index is 13.3.